The lowest BCUT2D eigenvalue weighted by atomic mass is 9.98. The van der Waals surface area contributed by atoms with Crippen molar-refractivity contribution in [3.8, 4) is 33.4 Å². The van der Waals surface area contributed by atoms with Gasteiger partial charge < -0.3 is 7.10 Å². The minimum absolute atomic E-state index is 0.945. The third kappa shape index (κ3) is 4.07. The number of fused-ring (bicyclic) bond motifs is 6. The molecule has 2 heterocycles. The van der Waals surface area contributed by atoms with Gasteiger partial charge in [0, 0.05) is 43.6 Å². The molecule has 198 valence electrons. The van der Waals surface area contributed by atoms with Gasteiger partial charge >= 0.3 is 33.0 Å². The minimum Gasteiger partial charge on any atom is -0.440 e. The third-order valence-electron chi connectivity index (χ3n) is 9.12. The average Bonchev–Trinajstić information content (AvgIpc) is 3.47. The summed E-state index contributed by atoms with van der Waals surface area (Å²) < 4.78 is 4.91. The van der Waals surface area contributed by atoms with Crippen LogP contribution in [-0.4, -0.2) is 40.1 Å². The Morgan fingerprint density at radius 3 is 0.857 bits per heavy atom. The topological polar surface area (TPSA) is 9.86 Å². The number of hydrogen-bond acceptors (Lipinski definition) is 0. The minimum atomic E-state index is 0.945. The summed E-state index contributed by atoms with van der Waals surface area (Å²) in [5.74, 6) is 0. The number of benzene rings is 6. The van der Waals surface area contributed by atoms with E-state index in [1.165, 1.54) is 88.1 Å². The van der Waals surface area contributed by atoms with Crippen molar-refractivity contribution in [2.75, 3.05) is 0 Å². The fraction of sp³-hybridized carbons (Fsp3) is 0.0526. The SMILES string of the molecule is Cc1ccc(-c2ccc3c(c2)c2cc(-c4ccc5c(c4)c4cc(-c6ccc(C)cc6)ccc4[n]5[AlH2])ccc2[n]3[AlH2])cc1. The zero-order chi connectivity index (χ0) is 28.5. The zero-order valence-electron chi connectivity index (χ0n) is 24.4. The molecule has 0 spiro atoms. The Morgan fingerprint density at radius 2 is 0.571 bits per heavy atom. The monoisotopic (exact) mass is 568 g/mol. The van der Waals surface area contributed by atoms with Crippen LogP contribution in [0.15, 0.2) is 121 Å². The van der Waals surface area contributed by atoms with Crippen molar-refractivity contribution in [2.24, 2.45) is 0 Å². The van der Waals surface area contributed by atoms with Crippen molar-refractivity contribution >= 4 is 76.6 Å². The Labute approximate surface area is 262 Å². The predicted octanol–water partition coefficient (Wildman–Crippen LogP) is 8.31. The third-order valence-corrected chi connectivity index (χ3v) is 11.0. The van der Waals surface area contributed by atoms with Gasteiger partial charge in [0.25, 0.3) is 0 Å². The average molecular weight is 569 g/mol. The van der Waals surface area contributed by atoms with Crippen LogP contribution in [0.25, 0.3) is 77.0 Å². The van der Waals surface area contributed by atoms with Crippen molar-refractivity contribution in [1.29, 1.82) is 0 Å². The maximum absolute atomic E-state index is 2.46. The second kappa shape index (κ2) is 9.78. The molecule has 0 radical (unpaired) electrons. The van der Waals surface area contributed by atoms with Crippen LogP contribution in [0, 0.1) is 13.8 Å². The zero-order valence-corrected chi connectivity index (χ0v) is 28.4. The quantitative estimate of drug-likeness (QED) is 0.190. The van der Waals surface area contributed by atoms with E-state index >= 15 is 0 Å². The molecule has 0 amide bonds. The van der Waals surface area contributed by atoms with E-state index in [-0.39, 0.29) is 0 Å². The molecule has 42 heavy (non-hydrogen) atoms. The van der Waals surface area contributed by atoms with Crippen molar-refractivity contribution in [3.63, 3.8) is 0 Å². The normalized spacial score (nSPS) is 11.8. The van der Waals surface area contributed by atoms with Gasteiger partial charge in [-0.1, -0.05) is 83.9 Å². The summed E-state index contributed by atoms with van der Waals surface area (Å²) in [6.07, 6.45) is 0. The molecular formula is C38H30Al2N2. The summed E-state index contributed by atoms with van der Waals surface area (Å²) >= 11 is 1.89. The Bertz CT molecular complexity index is 2150. The van der Waals surface area contributed by atoms with Crippen molar-refractivity contribution in [3.05, 3.63) is 132 Å². The van der Waals surface area contributed by atoms with Gasteiger partial charge in [0.05, 0.1) is 0 Å². The van der Waals surface area contributed by atoms with E-state index in [1.54, 1.807) is 0 Å². The Kier molecular flexibility index (Phi) is 5.98. The van der Waals surface area contributed by atoms with Gasteiger partial charge in [0.15, 0.2) is 0 Å². The van der Waals surface area contributed by atoms with Crippen LogP contribution >= 0.6 is 0 Å². The maximum Gasteiger partial charge on any atom is 0.370 e. The second-order valence-corrected chi connectivity index (χ2v) is 13.6. The summed E-state index contributed by atoms with van der Waals surface area (Å²) in [6.45, 7) is 4.29. The molecule has 0 saturated heterocycles. The van der Waals surface area contributed by atoms with Gasteiger partial charge in [-0.2, -0.15) is 0 Å². The maximum atomic E-state index is 2.46. The second-order valence-electron chi connectivity index (χ2n) is 11.8. The fourth-order valence-electron chi connectivity index (χ4n) is 6.65. The number of aromatic nitrogens is 2. The fourth-order valence-corrected chi connectivity index (χ4v) is 8.21. The number of rotatable bonds is 3. The molecule has 0 aliphatic heterocycles. The van der Waals surface area contributed by atoms with E-state index in [2.05, 4.69) is 142 Å². The molecule has 4 heteroatoms. The first-order valence-electron chi connectivity index (χ1n) is 14.6. The van der Waals surface area contributed by atoms with E-state index in [0.717, 1.165) is 33.0 Å². The van der Waals surface area contributed by atoms with Gasteiger partial charge in [-0.15, -0.1) is 0 Å². The summed E-state index contributed by atoms with van der Waals surface area (Å²) in [6, 6.07) is 45.7. The van der Waals surface area contributed by atoms with Gasteiger partial charge in [0.1, 0.15) is 0 Å². The molecule has 0 saturated carbocycles. The van der Waals surface area contributed by atoms with Crippen molar-refractivity contribution in [2.45, 2.75) is 13.8 Å². The molecular weight excluding hydrogens is 538 g/mol. The lowest BCUT2D eigenvalue weighted by Crippen LogP contribution is -1.90. The summed E-state index contributed by atoms with van der Waals surface area (Å²) in [5.41, 5.74) is 15.5. The Hall–Kier alpha value is -4.02. The van der Waals surface area contributed by atoms with Gasteiger partial charge in [-0.3, -0.25) is 0 Å². The molecule has 0 unspecified atom stereocenters. The lowest BCUT2D eigenvalue weighted by molar-refractivity contribution is 1.39. The van der Waals surface area contributed by atoms with E-state index < -0.39 is 0 Å². The molecule has 2 nitrogen and oxygen atoms in total. The summed E-state index contributed by atoms with van der Waals surface area (Å²) in [4.78, 5) is 0. The van der Waals surface area contributed by atoms with Gasteiger partial charge in [-0.25, -0.2) is 0 Å². The molecule has 0 aliphatic carbocycles. The number of nitrogens with zero attached hydrogens (tertiary/aromatic N) is 2. The molecule has 0 bridgehead atoms. The first-order valence-corrected chi connectivity index (χ1v) is 16.4. The van der Waals surface area contributed by atoms with Crippen molar-refractivity contribution in [1.82, 2.24) is 7.10 Å². The van der Waals surface area contributed by atoms with Crippen LogP contribution < -0.4 is 0 Å². The van der Waals surface area contributed by atoms with Crippen molar-refractivity contribution < 1.29 is 0 Å². The van der Waals surface area contributed by atoms with E-state index in [9.17, 15) is 0 Å². The van der Waals surface area contributed by atoms with E-state index in [0.29, 0.717) is 0 Å². The first kappa shape index (κ1) is 25.7. The van der Waals surface area contributed by atoms with Gasteiger partial charge in [0.2, 0.25) is 0 Å². The highest BCUT2D eigenvalue weighted by Crippen LogP contribution is 2.37. The van der Waals surface area contributed by atoms with Crippen LogP contribution in [-0.2, 0) is 0 Å². The van der Waals surface area contributed by atoms with Gasteiger partial charge in [-0.05, 0) is 95.8 Å². The summed E-state index contributed by atoms with van der Waals surface area (Å²) in [7, 11) is 0. The highest BCUT2D eigenvalue weighted by atomic mass is 27.1. The Balaban J connectivity index is 1.29. The highest BCUT2D eigenvalue weighted by Gasteiger charge is 2.13. The standard InChI is InChI=1S/C38H26N2.2Al.4H/c1-23-3-7-25(8-4-23)27-11-15-35-31(19-27)33-21-29(13-17-37(33)39-35)30-14-18-38-34(22-30)32-20-28(12-16-36(32)40-38)26-9-5-24(2)6-10-26;;;;;;/h3-22H,1-2H3;;;;;;/q-2;2*+1;;;;. The van der Waals surface area contributed by atoms with Crippen LogP contribution in [0.4, 0.5) is 0 Å². The molecule has 0 aliphatic rings. The van der Waals surface area contributed by atoms with Crippen LogP contribution in [0.2, 0.25) is 0 Å². The summed E-state index contributed by atoms with van der Waals surface area (Å²) in [5, 5.41) is 5.33. The van der Waals surface area contributed by atoms with E-state index in [1.807, 2.05) is 0 Å². The predicted molar refractivity (Wildman–Crippen MR) is 186 cm³/mol. The molecule has 0 fully saturated rings. The molecule has 2 aromatic heterocycles. The Morgan fingerprint density at radius 1 is 0.333 bits per heavy atom. The van der Waals surface area contributed by atoms with Crippen LogP contribution in [0.3, 0.4) is 0 Å². The first-order chi connectivity index (χ1) is 20.4. The van der Waals surface area contributed by atoms with Crippen LogP contribution in [0.5, 0.6) is 0 Å². The van der Waals surface area contributed by atoms with Crippen LogP contribution in [0.1, 0.15) is 11.1 Å². The molecule has 8 rings (SSSR count). The molecule has 8 aromatic rings. The molecule has 0 atom stereocenters. The number of aryl methyl sites for hydroxylation is 2. The lowest BCUT2D eigenvalue weighted by Gasteiger charge is -2.06. The molecule has 6 aromatic carbocycles. The smallest absolute Gasteiger partial charge is 0.370 e. The molecule has 0 N–H and O–H groups in total. The highest BCUT2D eigenvalue weighted by molar-refractivity contribution is 6.24. The van der Waals surface area contributed by atoms with E-state index in [4.69, 9.17) is 0 Å². The number of hydrogen-bond donors (Lipinski definition) is 0. The largest absolute Gasteiger partial charge is 0.440 e.